The molecular weight excluding hydrogens is 326 g/mol. The summed E-state index contributed by atoms with van der Waals surface area (Å²) in [6.45, 7) is 2.25. The summed E-state index contributed by atoms with van der Waals surface area (Å²) < 4.78 is 17.0. The normalized spacial score (nSPS) is 28.5. The first kappa shape index (κ1) is 17.5. The summed E-state index contributed by atoms with van der Waals surface area (Å²) >= 11 is -1.02. The van der Waals surface area contributed by atoms with Gasteiger partial charge in [0.05, 0.1) is 12.8 Å². The number of carbonyl (C=O) groups is 1. The summed E-state index contributed by atoms with van der Waals surface area (Å²) in [6.07, 6.45) is 8.13. The standard InChI is InChI=1S/C17H25N3O3S/c1-24(22)14-2-3-16(19-11-14)23-9-6-17(18)10-15(17)13-4-7-20(12-21)8-5-13/h2-3,11-13,15H,4-10,18H2,1H3. The van der Waals surface area contributed by atoms with Crippen molar-refractivity contribution in [3.8, 4) is 5.88 Å². The molecule has 3 rings (SSSR count). The van der Waals surface area contributed by atoms with Crippen LogP contribution in [-0.4, -0.2) is 52.3 Å². The lowest BCUT2D eigenvalue weighted by atomic mass is 9.89. The Labute approximate surface area is 145 Å². The molecular formula is C17H25N3O3S. The maximum absolute atomic E-state index is 11.3. The maximum Gasteiger partial charge on any atom is 0.213 e. The summed E-state index contributed by atoms with van der Waals surface area (Å²) in [6, 6.07) is 3.52. The van der Waals surface area contributed by atoms with Gasteiger partial charge in [0.1, 0.15) is 6.26 Å². The summed E-state index contributed by atoms with van der Waals surface area (Å²) in [5.74, 6) is 1.72. The number of nitrogens with zero attached hydrogens (tertiary/aromatic N) is 2. The van der Waals surface area contributed by atoms with Gasteiger partial charge in [-0.05, 0) is 48.7 Å². The number of carbonyl (C=O) groups excluding carboxylic acids is 1. The van der Waals surface area contributed by atoms with Gasteiger partial charge >= 0.3 is 0 Å². The van der Waals surface area contributed by atoms with Crippen LogP contribution in [0.5, 0.6) is 5.88 Å². The molecule has 132 valence electrons. The van der Waals surface area contributed by atoms with Crippen molar-refractivity contribution >= 4 is 17.6 Å². The lowest BCUT2D eigenvalue weighted by molar-refractivity contribution is -0.119. The van der Waals surface area contributed by atoms with Crippen molar-refractivity contribution in [3.63, 3.8) is 0 Å². The Morgan fingerprint density at radius 2 is 2.25 bits per heavy atom. The molecule has 1 aliphatic carbocycles. The number of amides is 1. The van der Waals surface area contributed by atoms with Crippen LogP contribution in [0.15, 0.2) is 23.2 Å². The predicted molar refractivity (Wildman–Crippen MR) is 92.1 cm³/mol. The molecule has 24 heavy (non-hydrogen) atoms. The fourth-order valence-corrected chi connectivity index (χ4v) is 4.13. The number of nitrogens with two attached hydrogens (primary N) is 1. The third-order valence-electron chi connectivity index (χ3n) is 5.33. The number of ether oxygens (including phenoxy) is 1. The van der Waals surface area contributed by atoms with Gasteiger partial charge in [-0.15, -0.1) is 0 Å². The van der Waals surface area contributed by atoms with E-state index in [1.807, 2.05) is 4.90 Å². The Bertz CT molecular complexity index is 561. The zero-order valence-corrected chi connectivity index (χ0v) is 14.8. The lowest BCUT2D eigenvalue weighted by Gasteiger charge is -2.30. The van der Waals surface area contributed by atoms with Crippen molar-refractivity contribution in [1.29, 1.82) is 0 Å². The first-order valence-corrected chi connectivity index (χ1v) is 9.98. The molecule has 1 amide bonds. The highest BCUT2D eigenvalue weighted by Crippen LogP contribution is 2.51. The molecule has 0 spiro atoms. The summed E-state index contributed by atoms with van der Waals surface area (Å²) in [5, 5.41) is 0. The monoisotopic (exact) mass is 351 g/mol. The minimum Gasteiger partial charge on any atom is -0.612 e. The van der Waals surface area contributed by atoms with Gasteiger partial charge < -0.3 is 19.9 Å². The van der Waals surface area contributed by atoms with Gasteiger partial charge in [-0.25, -0.2) is 4.98 Å². The van der Waals surface area contributed by atoms with Crippen molar-refractivity contribution in [1.82, 2.24) is 9.88 Å². The predicted octanol–water partition coefficient (Wildman–Crippen LogP) is 1.17. The van der Waals surface area contributed by atoms with Gasteiger partial charge in [0.2, 0.25) is 12.3 Å². The van der Waals surface area contributed by atoms with Gasteiger partial charge in [0.25, 0.3) is 0 Å². The molecule has 2 N–H and O–H groups in total. The Morgan fingerprint density at radius 1 is 1.50 bits per heavy atom. The van der Waals surface area contributed by atoms with Gasteiger partial charge in [0, 0.05) is 30.8 Å². The highest BCUT2D eigenvalue weighted by Gasteiger charge is 2.54. The molecule has 0 bridgehead atoms. The van der Waals surface area contributed by atoms with E-state index in [4.69, 9.17) is 10.5 Å². The molecule has 2 aliphatic rings. The minimum atomic E-state index is -1.02. The largest absolute Gasteiger partial charge is 0.612 e. The van der Waals surface area contributed by atoms with E-state index in [2.05, 4.69) is 4.98 Å². The van der Waals surface area contributed by atoms with Crippen LogP contribution in [0.25, 0.3) is 0 Å². The number of hydrogen-bond donors (Lipinski definition) is 1. The van der Waals surface area contributed by atoms with Crippen LogP contribution in [0.3, 0.4) is 0 Å². The molecule has 7 heteroatoms. The Kier molecular flexibility index (Phi) is 5.32. The molecule has 1 saturated carbocycles. The third-order valence-corrected chi connectivity index (χ3v) is 6.23. The second-order valence-corrected chi connectivity index (χ2v) is 8.29. The van der Waals surface area contributed by atoms with Crippen LogP contribution in [0.4, 0.5) is 0 Å². The van der Waals surface area contributed by atoms with E-state index >= 15 is 0 Å². The Morgan fingerprint density at radius 3 is 2.83 bits per heavy atom. The van der Waals surface area contributed by atoms with E-state index in [0.717, 1.165) is 45.2 Å². The smallest absolute Gasteiger partial charge is 0.213 e. The number of rotatable bonds is 7. The second-order valence-electron chi connectivity index (χ2n) is 6.91. The van der Waals surface area contributed by atoms with Gasteiger partial charge in [-0.1, -0.05) is 0 Å². The van der Waals surface area contributed by atoms with Crippen LogP contribution in [0, 0.1) is 11.8 Å². The van der Waals surface area contributed by atoms with Crippen LogP contribution in [0.1, 0.15) is 25.7 Å². The summed E-state index contributed by atoms with van der Waals surface area (Å²) in [5.41, 5.74) is 6.37. The molecule has 0 aromatic carbocycles. The fraction of sp³-hybridized carbons (Fsp3) is 0.647. The second kappa shape index (κ2) is 7.29. The van der Waals surface area contributed by atoms with Crippen LogP contribution in [0.2, 0.25) is 0 Å². The van der Waals surface area contributed by atoms with E-state index in [9.17, 15) is 9.35 Å². The van der Waals surface area contributed by atoms with Crippen molar-refractivity contribution in [2.24, 2.45) is 17.6 Å². The van der Waals surface area contributed by atoms with Gasteiger partial charge in [0.15, 0.2) is 4.90 Å². The van der Waals surface area contributed by atoms with E-state index in [-0.39, 0.29) is 5.54 Å². The van der Waals surface area contributed by atoms with Crippen molar-refractivity contribution in [2.45, 2.75) is 36.1 Å². The summed E-state index contributed by atoms with van der Waals surface area (Å²) in [7, 11) is 0. The average Bonchev–Trinajstić information content (AvgIpc) is 3.27. The Balaban J connectivity index is 1.42. The summed E-state index contributed by atoms with van der Waals surface area (Å²) in [4.78, 5) is 17.5. The van der Waals surface area contributed by atoms with Crippen LogP contribution < -0.4 is 10.5 Å². The van der Waals surface area contributed by atoms with Crippen LogP contribution >= 0.6 is 0 Å². The van der Waals surface area contributed by atoms with Crippen LogP contribution in [-0.2, 0) is 16.0 Å². The zero-order chi connectivity index (χ0) is 17.2. The number of likely N-dealkylation sites (tertiary alicyclic amines) is 1. The molecule has 3 unspecified atom stereocenters. The molecule has 1 aromatic heterocycles. The van der Waals surface area contributed by atoms with E-state index in [1.54, 1.807) is 24.6 Å². The molecule has 1 aliphatic heterocycles. The van der Waals surface area contributed by atoms with Gasteiger partial charge in [-0.2, -0.15) is 0 Å². The van der Waals surface area contributed by atoms with Crippen molar-refractivity contribution in [2.75, 3.05) is 26.0 Å². The molecule has 3 atom stereocenters. The van der Waals surface area contributed by atoms with E-state index < -0.39 is 11.2 Å². The zero-order valence-electron chi connectivity index (χ0n) is 14.0. The first-order valence-electron chi connectivity index (χ1n) is 8.42. The lowest BCUT2D eigenvalue weighted by Crippen LogP contribution is -2.36. The number of aromatic nitrogens is 1. The molecule has 6 nitrogen and oxygen atoms in total. The number of piperidine rings is 1. The highest BCUT2D eigenvalue weighted by molar-refractivity contribution is 7.90. The molecule has 2 fully saturated rings. The SMILES string of the molecule is C[S+]([O-])c1ccc(OCCC2(N)CC2C2CCN(C=O)CC2)nc1. The molecule has 1 aromatic rings. The third kappa shape index (κ3) is 4.02. The quantitative estimate of drug-likeness (QED) is 0.588. The number of pyridine rings is 1. The maximum atomic E-state index is 11.3. The first-order chi connectivity index (χ1) is 11.5. The average molecular weight is 351 g/mol. The topological polar surface area (TPSA) is 91.5 Å². The molecule has 2 heterocycles. The Hall–Kier alpha value is -1.31. The van der Waals surface area contributed by atoms with Crippen molar-refractivity contribution in [3.05, 3.63) is 18.3 Å². The van der Waals surface area contributed by atoms with E-state index in [1.165, 1.54) is 0 Å². The number of hydrogen-bond acceptors (Lipinski definition) is 5. The fourth-order valence-electron chi connectivity index (χ4n) is 3.67. The highest BCUT2D eigenvalue weighted by atomic mass is 32.2. The molecule has 0 radical (unpaired) electrons. The van der Waals surface area contributed by atoms with Crippen molar-refractivity contribution < 1.29 is 14.1 Å². The minimum absolute atomic E-state index is 0.126. The van der Waals surface area contributed by atoms with E-state index in [0.29, 0.717) is 29.2 Å². The molecule has 1 saturated heterocycles. The van der Waals surface area contributed by atoms with Gasteiger partial charge in [-0.3, -0.25) is 4.79 Å².